The second kappa shape index (κ2) is 9.85. The third-order valence-corrected chi connectivity index (χ3v) is 3.58. The van der Waals surface area contributed by atoms with Crippen LogP contribution in [0.5, 0.6) is 0 Å². The number of nitrogens with one attached hydrogen (secondary N) is 1. The van der Waals surface area contributed by atoms with Gasteiger partial charge in [0.2, 0.25) is 0 Å². The fourth-order valence-corrected chi connectivity index (χ4v) is 2.19. The summed E-state index contributed by atoms with van der Waals surface area (Å²) in [6, 6.07) is 3.17. The number of amides is 1. The number of carbonyl (C=O) groups is 4. The molecule has 1 aromatic carbocycles. The lowest BCUT2D eigenvalue weighted by atomic mass is 9.95. The summed E-state index contributed by atoms with van der Waals surface area (Å²) in [6.45, 7) is 0. The molecule has 2 atom stereocenters. The van der Waals surface area contributed by atoms with Crippen molar-refractivity contribution < 1.29 is 38.3 Å². The van der Waals surface area contributed by atoms with Crippen molar-refractivity contribution in [3.8, 4) is 0 Å². The molecule has 0 saturated heterocycles. The minimum atomic E-state index is -1.58. The second-order valence-corrected chi connectivity index (χ2v) is 5.19. The lowest BCUT2D eigenvalue weighted by Gasteiger charge is -2.23. The molecule has 0 aromatic heterocycles. The molecule has 0 bridgehead atoms. The number of non-ortho nitro benzene ring substituents is 1. The van der Waals surface area contributed by atoms with Crippen molar-refractivity contribution in [3.05, 3.63) is 39.9 Å². The zero-order valence-electron chi connectivity index (χ0n) is 14.8. The van der Waals surface area contributed by atoms with E-state index in [4.69, 9.17) is 0 Å². The van der Waals surface area contributed by atoms with Crippen LogP contribution in [0.4, 0.5) is 5.69 Å². The Labute approximate surface area is 153 Å². The smallest absolute Gasteiger partial charge is 0.329 e. The molecule has 0 unspecified atom stereocenters. The summed E-state index contributed by atoms with van der Waals surface area (Å²) in [7, 11) is 3.16. The van der Waals surface area contributed by atoms with Crippen molar-refractivity contribution in [2.45, 2.75) is 12.5 Å². The Bertz CT molecular complexity index is 747. The van der Waals surface area contributed by atoms with Gasteiger partial charge in [0, 0.05) is 17.7 Å². The molecule has 0 saturated carbocycles. The van der Waals surface area contributed by atoms with Gasteiger partial charge in [0.05, 0.1) is 38.6 Å². The number of hydrogen-bond acceptors (Lipinski definition) is 9. The first-order valence-corrected chi connectivity index (χ1v) is 7.52. The summed E-state index contributed by atoms with van der Waals surface area (Å²) in [4.78, 5) is 58.2. The van der Waals surface area contributed by atoms with E-state index in [9.17, 15) is 29.3 Å². The molecule has 11 nitrogen and oxygen atoms in total. The number of carbonyl (C=O) groups excluding carboxylic acids is 4. The van der Waals surface area contributed by atoms with Crippen LogP contribution >= 0.6 is 0 Å². The van der Waals surface area contributed by atoms with Gasteiger partial charge in [0.15, 0.2) is 0 Å². The normalized spacial score (nSPS) is 12.3. The van der Waals surface area contributed by atoms with E-state index < -0.39 is 47.1 Å². The van der Waals surface area contributed by atoms with Gasteiger partial charge < -0.3 is 19.5 Å². The number of benzene rings is 1. The molecular formula is C16H18N2O9. The van der Waals surface area contributed by atoms with Gasteiger partial charge in [-0.05, 0) is 6.07 Å². The van der Waals surface area contributed by atoms with E-state index in [1.165, 1.54) is 18.2 Å². The van der Waals surface area contributed by atoms with E-state index in [0.29, 0.717) is 0 Å². The highest BCUT2D eigenvalue weighted by molar-refractivity contribution is 5.98. The Kier molecular flexibility index (Phi) is 7.86. The standard InChI is InChI=1S/C16H18N2O9/c1-25-12(19)8-11(15(21)26-2)13(16(22)27-3)17-14(20)9-5-4-6-10(7-9)18(23)24/h4-7,11,13H,8H2,1-3H3,(H,17,20)/t11-,13-/m1/s1. The molecule has 0 aliphatic rings. The molecule has 1 rings (SSSR count). The van der Waals surface area contributed by atoms with Gasteiger partial charge in [0.1, 0.15) is 6.04 Å². The maximum absolute atomic E-state index is 12.4. The Morgan fingerprint density at radius 1 is 1.07 bits per heavy atom. The molecule has 0 aliphatic carbocycles. The minimum absolute atomic E-state index is 0.125. The van der Waals surface area contributed by atoms with Crippen LogP contribution in [0.3, 0.4) is 0 Å². The lowest BCUT2D eigenvalue weighted by Crippen LogP contribution is -2.50. The van der Waals surface area contributed by atoms with Gasteiger partial charge >= 0.3 is 17.9 Å². The van der Waals surface area contributed by atoms with Crippen LogP contribution in [0.25, 0.3) is 0 Å². The van der Waals surface area contributed by atoms with E-state index in [-0.39, 0.29) is 11.3 Å². The fourth-order valence-electron chi connectivity index (χ4n) is 2.19. The largest absolute Gasteiger partial charge is 0.469 e. The third-order valence-electron chi connectivity index (χ3n) is 3.58. The summed E-state index contributed by atoms with van der Waals surface area (Å²) < 4.78 is 13.6. The van der Waals surface area contributed by atoms with Gasteiger partial charge in [-0.25, -0.2) is 4.79 Å². The Balaban J connectivity index is 3.18. The first kappa shape index (κ1) is 21.5. The number of nitro groups is 1. The van der Waals surface area contributed by atoms with E-state index >= 15 is 0 Å². The van der Waals surface area contributed by atoms with Crippen LogP contribution in [0, 0.1) is 16.0 Å². The van der Waals surface area contributed by atoms with Crippen LogP contribution < -0.4 is 5.32 Å². The summed E-state index contributed by atoms with van der Waals surface area (Å²) in [5, 5.41) is 13.1. The van der Waals surface area contributed by atoms with Gasteiger partial charge in [-0.1, -0.05) is 6.07 Å². The van der Waals surface area contributed by atoms with Crippen molar-refractivity contribution in [3.63, 3.8) is 0 Å². The summed E-state index contributed by atoms with van der Waals surface area (Å²) in [5.41, 5.74) is -0.462. The number of esters is 3. The predicted octanol–water partition coefficient (Wildman–Crippen LogP) is 0.218. The third kappa shape index (κ3) is 5.76. The molecule has 146 valence electrons. The molecule has 11 heteroatoms. The first-order chi connectivity index (χ1) is 12.7. The molecule has 1 N–H and O–H groups in total. The molecule has 0 aliphatic heterocycles. The molecule has 1 aromatic rings. The highest BCUT2D eigenvalue weighted by Crippen LogP contribution is 2.17. The van der Waals surface area contributed by atoms with Crippen LogP contribution in [0.2, 0.25) is 0 Å². The lowest BCUT2D eigenvalue weighted by molar-refractivity contribution is -0.384. The van der Waals surface area contributed by atoms with Gasteiger partial charge in [-0.2, -0.15) is 0 Å². The quantitative estimate of drug-likeness (QED) is 0.288. The average molecular weight is 382 g/mol. The number of nitrogens with zero attached hydrogens (tertiary/aromatic N) is 1. The second-order valence-electron chi connectivity index (χ2n) is 5.19. The highest BCUT2D eigenvalue weighted by Gasteiger charge is 2.38. The zero-order valence-corrected chi connectivity index (χ0v) is 14.8. The SMILES string of the molecule is COC(=O)C[C@@H](C(=O)OC)[C@@H](NC(=O)c1cccc([N+](=O)[O-])c1)C(=O)OC. The molecule has 1 amide bonds. The van der Waals surface area contributed by atoms with Gasteiger partial charge in [-0.3, -0.25) is 24.5 Å². The number of ether oxygens (including phenoxy) is 3. The molecule has 27 heavy (non-hydrogen) atoms. The van der Waals surface area contributed by atoms with Crippen molar-refractivity contribution in [1.29, 1.82) is 0 Å². The Morgan fingerprint density at radius 3 is 2.22 bits per heavy atom. The van der Waals surface area contributed by atoms with Crippen LogP contribution in [-0.2, 0) is 28.6 Å². The zero-order chi connectivity index (χ0) is 20.6. The predicted molar refractivity (Wildman–Crippen MR) is 88.5 cm³/mol. The monoisotopic (exact) mass is 382 g/mol. The van der Waals surface area contributed by atoms with Gasteiger partial charge in [-0.15, -0.1) is 0 Å². The Hall–Kier alpha value is -3.50. The topological polar surface area (TPSA) is 151 Å². The van der Waals surface area contributed by atoms with Gasteiger partial charge in [0.25, 0.3) is 11.6 Å². The Morgan fingerprint density at radius 2 is 1.70 bits per heavy atom. The first-order valence-electron chi connectivity index (χ1n) is 7.52. The number of rotatable bonds is 8. The molecule has 0 heterocycles. The number of hydrogen-bond donors (Lipinski definition) is 1. The molecule has 0 fully saturated rings. The molecule has 0 radical (unpaired) electrons. The van der Waals surface area contributed by atoms with Crippen LogP contribution in [-0.4, -0.2) is 56.1 Å². The summed E-state index contributed by atoms with van der Waals surface area (Å²) in [5.74, 6) is -5.07. The molecule has 0 spiro atoms. The van der Waals surface area contributed by atoms with E-state index in [1.54, 1.807) is 0 Å². The minimum Gasteiger partial charge on any atom is -0.469 e. The van der Waals surface area contributed by atoms with E-state index in [1.807, 2.05) is 0 Å². The van der Waals surface area contributed by atoms with Crippen LogP contribution in [0.1, 0.15) is 16.8 Å². The highest BCUT2D eigenvalue weighted by atomic mass is 16.6. The number of methoxy groups -OCH3 is 3. The number of nitro benzene ring substituents is 1. The van der Waals surface area contributed by atoms with Crippen molar-refractivity contribution in [1.82, 2.24) is 5.32 Å². The van der Waals surface area contributed by atoms with E-state index in [2.05, 4.69) is 19.5 Å². The molecular weight excluding hydrogens is 364 g/mol. The maximum atomic E-state index is 12.4. The summed E-state index contributed by atoms with van der Waals surface area (Å²) >= 11 is 0. The van der Waals surface area contributed by atoms with Crippen LogP contribution in [0.15, 0.2) is 24.3 Å². The van der Waals surface area contributed by atoms with E-state index in [0.717, 1.165) is 27.4 Å². The summed E-state index contributed by atoms with van der Waals surface area (Å²) in [6.07, 6.45) is -0.557. The van der Waals surface area contributed by atoms with Crippen molar-refractivity contribution in [2.24, 2.45) is 5.92 Å². The average Bonchev–Trinajstić information content (AvgIpc) is 2.68. The maximum Gasteiger partial charge on any atom is 0.329 e. The van der Waals surface area contributed by atoms with Crippen molar-refractivity contribution >= 4 is 29.5 Å². The fraction of sp³-hybridized carbons (Fsp3) is 0.375. The van der Waals surface area contributed by atoms with Crippen molar-refractivity contribution in [2.75, 3.05) is 21.3 Å².